The molecule has 1 aliphatic carbocycles. The lowest BCUT2D eigenvalue weighted by atomic mass is 9.77. The fourth-order valence-electron chi connectivity index (χ4n) is 1.80. The van der Waals surface area contributed by atoms with Crippen LogP contribution in [0.4, 0.5) is 0 Å². The topological polar surface area (TPSA) is 48.2 Å². The summed E-state index contributed by atoms with van der Waals surface area (Å²) in [6, 6.07) is 0. The third kappa shape index (κ3) is 2.16. The Balaban J connectivity index is 2.04. The van der Waals surface area contributed by atoms with Crippen LogP contribution in [-0.4, -0.2) is 22.9 Å². The summed E-state index contributed by atoms with van der Waals surface area (Å²) < 4.78 is 10.6. The van der Waals surface area contributed by atoms with Gasteiger partial charge in [0.2, 0.25) is 5.89 Å². The molecule has 1 aliphatic rings. The zero-order valence-corrected chi connectivity index (χ0v) is 9.75. The Morgan fingerprint density at radius 2 is 2.33 bits per heavy atom. The van der Waals surface area contributed by atoms with Crippen molar-refractivity contribution in [1.82, 2.24) is 10.1 Å². The molecule has 1 fully saturated rings. The van der Waals surface area contributed by atoms with Crippen molar-refractivity contribution in [3.8, 4) is 0 Å². The normalized spacial score (nSPS) is 21.0. The fourth-order valence-corrected chi connectivity index (χ4v) is 1.89. The second-order valence-electron chi connectivity index (χ2n) is 4.08. The number of aromatic nitrogens is 2. The van der Waals surface area contributed by atoms with E-state index >= 15 is 0 Å². The minimum absolute atomic E-state index is 0.0701. The summed E-state index contributed by atoms with van der Waals surface area (Å²) in [6.07, 6.45) is 4.04. The fraction of sp³-hybridized carbons (Fsp3) is 0.800. The third-order valence-electron chi connectivity index (χ3n) is 3.01. The van der Waals surface area contributed by atoms with Crippen LogP contribution in [-0.2, 0) is 11.2 Å². The van der Waals surface area contributed by atoms with Gasteiger partial charge in [0.1, 0.15) is 0 Å². The zero-order chi connectivity index (χ0) is 10.9. The Morgan fingerprint density at radius 1 is 1.60 bits per heavy atom. The molecule has 1 aromatic rings. The lowest BCUT2D eigenvalue weighted by molar-refractivity contribution is -0.0751. The highest BCUT2D eigenvalue weighted by molar-refractivity contribution is 6.20. The highest BCUT2D eigenvalue weighted by atomic mass is 35.5. The summed E-state index contributed by atoms with van der Waals surface area (Å²) in [5, 5.41) is 3.61. The smallest absolute Gasteiger partial charge is 0.229 e. The van der Waals surface area contributed by atoms with Gasteiger partial charge in [-0.05, 0) is 26.2 Å². The van der Waals surface area contributed by atoms with E-state index in [1.54, 1.807) is 7.11 Å². The monoisotopic (exact) mass is 230 g/mol. The molecule has 84 valence electrons. The molecular formula is C10H15ClN2O2. The molecule has 5 heteroatoms. The van der Waals surface area contributed by atoms with Crippen molar-refractivity contribution in [1.29, 1.82) is 0 Å². The molecule has 0 spiro atoms. The number of hydrogen-bond acceptors (Lipinski definition) is 4. The van der Waals surface area contributed by atoms with Gasteiger partial charge in [0.05, 0.1) is 17.4 Å². The molecule has 4 nitrogen and oxygen atoms in total. The average Bonchev–Trinajstić information content (AvgIpc) is 2.59. The lowest BCUT2D eigenvalue weighted by Gasteiger charge is -2.39. The lowest BCUT2D eigenvalue weighted by Crippen LogP contribution is -2.41. The summed E-state index contributed by atoms with van der Waals surface area (Å²) in [7, 11) is 1.74. The molecule has 1 unspecified atom stereocenters. The molecule has 0 bridgehead atoms. The van der Waals surface area contributed by atoms with E-state index in [9.17, 15) is 0 Å². The Kier molecular flexibility index (Phi) is 2.98. The van der Waals surface area contributed by atoms with E-state index in [1.165, 1.54) is 6.42 Å². The van der Waals surface area contributed by atoms with E-state index in [1.807, 2.05) is 6.92 Å². The second kappa shape index (κ2) is 4.10. The molecule has 0 N–H and O–H groups in total. The van der Waals surface area contributed by atoms with E-state index in [4.69, 9.17) is 20.9 Å². The van der Waals surface area contributed by atoms with E-state index in [2.05, 4.69) is 10.1 Å². The van der Waals surface area contributed by atoms with Crippen molar-refractivity contribution in [3.63, 3.8) is 0 Å². The first-order chi connectivity index (χ1) is 7.15. The van der Waals surface area contributed by atoms with Gasteiger partial charge in [-0.25, -0.2) is 0 Å². The van der Waals surface area contributed by atoms with Crippen LogP contribution in [0.25, 0.3) is 0 Å². The molecular weight excluding hydrogens is 216 g/mol. The maximum atomic E-state index is 5.85. The summed E-state index contributed by atoms with van der Waals surface area (Å²) in [5.41, 5.74) is -0.0701. The van der Waals surface area contributed by atoms with Crippen LogP contribution in [0.5, 0.6) is 0 Å². The largest absolute Gasteiger partial charge is 0.378 e. The first kappa shape index (κ1) is 10.9. The molecule has 0 radical (unpaired) electrons. The van der Waals surface area contributed by atoms with Gasteiger partial charge in [-0.2, -0.15) is 4.98 Å². The van der Waals surface area contributed by atoms with E-state index in [0.29, 0.717) is 18.1 Å². The predicted octanol–water partition coefficient (Wildman–Crippen LogP) is 2.48. The predicted molar refractivity (Wildman–Crippen MR) is 55.9 cm³/mol. The highest BCUT2D eigenvalue weighted by Gasteiger charge is 2.38. The van der Waals surface area contributed by atoms with E-state index in [-0.39, 0.29) is 11.0 Å². The highest BCUT2D eigenvalue weighted by Crippen LogP contribution is 2.37. The molecule has 0 aromatic carbocycles. The second-order valence-corrected chi connectivity index (χ2v) is 4.73. The van der Waals surface area contributed by atoms with Crippen LogP contribution < -0.4 is 0 Å². The van der Waals surface area contributed by atoms with Crippen molar-refractivity contribution >= 4 is 11.6 Å². The molecule has 0 amide bonds. The van der Waals surface area contributed by atoms with Crippen molar-refractivity contribution < 1.29 is 9.26 Å². The Bertz CT molecular complexity index is 328. The average molecular weight is 231 g/mol. The minimum atomic E-state index is -0.206. The number of alkyl halides is 1. The maximum absolute atomic E-state index is 5.85. The van der Waals surface area contributed by atoms with Crippen LogP contribution in [0.2, 0.25) is 0 Å². The van der Waals surface area contributed by atoms with Crippen molar-refractivity contribution in [2.75, 3.05) is 7.11 Å². The summed E-state index contributed by atoms with van der Waals surface area (Å²) >= 11 is 5.85. The number of methoxy groups -OCH3 is 1. The number of rotatable bonds is 4. The van der Waals surface area contributed by atoms with Gasteiger partial charge in [-0.1, -0.05) is 5.16 Å². The van der Waals surface area contributed by atoms with Gasteiger partial charge in [-0.3, -0.25) is 0 Å². The zero-order valence-electron chi connectivity index (χ0n) is 8.99. The van der Waals surface area contributed by atoms with Gasteiger partial charge >= 0.3 is 0 Å². The first-order valence-corrected chi connectivity index (χ1v) is 5.60. The van der Waals surface area contributed by atoms with Gasteiger partial charge in [-0.15, -0.1) is 11.6 Å². The van der Waals surface area contributed by atoms with Crippen LogP contribution >= 0.6 is 11.6 Å². The standard InChI is InChI=1S/C10H15ClN2O2/c1-7(11)9-12-8(15-13-9)6-10(14-2)4-3-5-10/h7H,3-6H2,1-2H3. The van der Waals surface area contributed by atoms with Gasteiger partial charge in [0.25, 0.3) is 0 Å². The van der Waals surface area contributed by atoms with Crippen LogP contribution in [0, 0.1) is 0 Å². The molecule has 1 saturated carbocycles. The maximum Gasteiger partial charge on any atom is 0.229 e. The summed E-state index contributed by atoms with van der Waals surface area (Å²) in [6.45, 7) is 1.83. The summed E-state index contributed by atoms with van der Waals surface area (Å²) in [4.78, 5) is 4.23. The molecule has 1 atom stereocenters. The van der Waals surface area contributed by atoms with Crippen LogP contribution in [0.3, 0.4) is 0 Å². The molecule has 1 aromatic heterocycles. The van der Waals surface area contributed by atoms with Gasteiger partial charge in [0.15, 0.2) is 5.82 Å². The Labute approximate surface area is 93.9 Å². The Hall–Kier alpha value is -0.610. The molecule has 2 rings (SSSR count). The number of ether oxygens (including phenoxy) is 1. The molecule has 1 heterocycles. The van der Waals surface area contributed by atoms with Gasteiger partial charge < -0.3 is 9.26 Å². The molecule has 15 heavy (non-hydrogen) atoms. The van der Waals surface area contributed by atoms with Gasteiger partial charge in [0, 0.05) is 7.11 Å². The number of hydrogen-bond donors (Lipinski definition) is 0. The van der Waals surface area contributed by atoms with Crippen molar-refractivity contribution in [3.05, 3.63) is 11.7 Å². The third-order valence-corrected chi connectivity index (χ3v) is 3.21. The van der Waals surface area contributed by atoms with E-state index < -0.39 is 0 Å². The first-order valence-electron chi connectivity index (χ1n) is 5.17. The molecule has 0 aliphatic heterocycles. The Morgan fingerprint density at radius 3 is 2.73 bits per heavy atom. The van der Waals surface area contributed by atoms with Crippen molar-refractivity contribution in [2.45, 2.75) is 43.6 Å². The quantitative estimate of drug-likeness (QED) is 0.746. The molecule has 0 saturated heterocycles. The summed E-state index contributed by atoms with van der Waals surface area (Å²) in [5.74, 6) is 1.18. The SMILES string of the molecule is COC1(Cc2nc(C(C)Cl)no2)CCC1. The minimum Gasteiger partial charge on any atom is -0.378 e. The van der Waals surface area contributed by atoms with Crippen molar-refractivity contribution in [2.24, 2.45) is 0 Å². The van der Waals surface area contributed by atoms with E-state index in [0.717, 1.165) is 12.8 Å². The van der Waals surface area contributed by atoms with Crippen LogP contribution in [0.1, 0.15) is 43.3 Å². The van der Waals surface area contributed by atoms with Crippen LogP contribution in [0.15, 0.2) is 4.52 Å². The number of nitrogens with zero attached hydrogens (tertiary/aromatic N) is 2. The number of halogens is 1.